The number of fused-ring (bicyclic) bond motifs is 1. The van der Waals surface area contributed by atoms with Gasteiger partial charge in [0, 0.05) is 25.4 Å². The summed E-state index contributed by atoms with van der Waals surface area (Å²) in [6.07, 6.45) is 4.36. The first-order chi connectivity index (χ1) is 5.79. The lowest BCUT2D eigenvalue weighted by Gasteiger charge is -2.23. The Labute approximate surface area is 69.9 Å². The van der Waals surface area contributed by atoms with Gasteiger partial charge in [-0.05, 0) is 0 Å². The number of nitrogens with two attached hydrogens (primary N) is 1. The zero-order valence-electron chi connectivity index (χ0n) is 6.50. The fourth-order valence-corrected chi connectivity index (χ4v) is 1.35. The summed E-state index contributed by atoms with van der Waals surface area (Å²) >= 11 is 0. The van der Waals surface area contributed by atoms with Crippen LogP contribution in [0.25, 0.3) is 0 Å². The predicted octanol–water partition coefficient (Wildman–Crippen LogP) is -1.03. The van der Waals surface area contributed by atoms with Crippen LogP contribution in [0.4, 0.5) is 0 Å². The first-order valence-electron chi connectivity index (χ1n) is 3.78. The van der Waals surface area contributed by atoms with Crippen molar-refractivity contribution in [2.24, 2.45) is 5.73 Å². The summed E-state index contributed by atoms with van der Waals surface area (Å²) in [6, 6.07) is 0. The highest BCUT2D eigenvalue weighted by atomic mass is 16.1. The maximum absolute atomic E-state index is 10.9. The van der Waals surface area contributed by atoms with E-state index in [9.17, 15) is 4.79 Å². The van der Waals surface area contributed by atoms with Crippen LogP contribution in [-0.2, 0) is 4.79 Å². The van der Waals surface area contributed by atoms with Crippen molar-refractivity contribution in [1.29, 1.82) is 0 Å². The number of primary amides is 1. The first kappa shape index (κ1) is 7.17. The summed E-state index contributed by atoms with van der Waals surface area (Å²) in [5, 5.41) is 4.60. The molecule has 1 saturated heterocycles. The minimum absolute atomic E-state index is 0.428. The molecule has 12 heavy (non-hydrogen) atoms. The molecule has 0 aromatic rings. The van der Waals surface area contributed by atoms with Crippen LogP contribution in [0, 0.1) is 0 Å². The number of nitrogens with one attached hydrogen (secondary N) is 2. The van der Waals surface area contributed by atoms with E-state index in [1.807, 2.05) is 6.20 Å². The van der Waals surface area contributed by atoms with Crippen molar-refractivity contribution in [2.75, 3.05) is 6.54 Å². The Morgan fingerprint density at radius 1 is 1.58 bits per heavy atom. The molecule has 1 amide bonds. The van der Waals surface area contributed by atoms with Crippen LogP contribution in [0.5, 0.6) is 0 Å². The van der Waals surface area contributed by atoms with Gasteiger partial charge in [-0.2, -0.15) is 0 Å². The van der Waals surface area contributed by atoms with E-state index in [2.05, 4.69) is 10.7 Å². The third-order valence-electron chi connectivity index (χ3n) is 1.90. The molecule has 1 fully saturated rings. The normalized spacial score (nSPS) is 20.8. The van der Waals surface area contributed by atoms with Gasteiger partial charge in [-0.15, -0.1) is 0 Å². The van der Waals surface area contributed by atoms with E-state index in [4.69, 9.17) is 5.73 Å². The average molecular weight is 166 g/mol. The summed E-state index contributed by atoms with van der Waals surface area (Å²) in [6.45, 7) is 0.845. The SMILES string of the molecule is NC(=O)C1=CNC=C2CCNN21. The Bertz CT molecular complexity index is 281. The van der Waals surface area contributed by atoms with E-state index in [0.29, 0.717) is 5.70 Å². The minimum atomic E-state index is -0.428. The smallest absolute Gasteiger partial charge is 0.268 e. The maximum atomic E-state index is 10.9. The fourth-order valence-electron chi connectivity index (χ4n) is 1.35. The molecule has 5 nitrogen and oxygen atoms in total. The Morgan fingerprint density at radius 2 is 2.42 bits per heavy atom. The molecule has 0 spiro atoms. The molecule has 0 bridgehead atoms. The molecule has 2 heterocycles. The van der Waals surface area contributed by atoms with E-state index in [1.54, 1.807) is 11.2 Å². The van der Waals surface area contributed by atoms with Crippen LogP contribution in [0.3, 0.4) is 0 Å². The molecule has 2 rings (SSSR count). The van der Waals surface area contributed by atoms with Gasteiger partial charge in [-0.3, -0.25) is 9.80 Å². The van der Waals surface area contributed by atoms with E-state index < -0.39 is 5.91 Å². The lowest BCUT2D eigenvalue weighted by atomic mass is 10.3. The van der Waals surface area contributed by atoms with Gasteiger partial charge in [-0.25, -0.2) is 5.43 Å². The molecule has 0 aliphatic carbocycles. The lowest BCUT2D eigenvalue weighted by molar-refractivity contribution is -0.116. The number of carbonyl (C=O) groups excluding carboxylic acids is 1. The van der Waals surface area contributed by atoms with Crippen LogP contribution in [0.2, 0.25) is 0 Å². The minimum Gasteiger partial charge on any atom is -0.364 e. The summed E-state index contributed by atoms with van der Waals surface area (Å²) in [5.74, 6) is -0.428. The topological polar surface area (TPSA) is 70.4 Å². The molecule has 0 atom stereocenters. The number of carbonyl (C=O) groups is 1. The van der Waals surface area contributed by atoms with E-state index in [0.717, 1.165) is 18.7 Å². The van der Waals surface area contributed by atoms with Crippen LogP contribution >= 0.6 is 0 Å². The third-order valence-corrected chi connectivity index (χ3v) is 1.90. The largest absolute Gasteiger partial charge is 0.364 e. The number of amides is 1. The maximum Gasteiger partial charge on any atom is 0.268 e. The Kier molecular flexibility index (Phi) is 1.51. The van der Waals surface area contributed by atoms with Gasteiger partial charge in [0.2, 0.25) is 0 Å². The zero-order valence-corrected chi connectivity index (χ0v) is 6.50. The average Bonchev–Trinajstić information content (AvgIpc) is 2.49. The highest BCUT2D eigenvalue weighted by Crippen LogP contribution is 2.19. The monoisotopic (exact) mass is 166 g/mol. The Balaban J connectivity index is 2.26. The van der Waals surface area contributed by atoms with Crippen LogP contribution in [0.1, 0.15) is 6.42 Å². The summed E-state index contributed by atoms with van der Waals surface area (Å²) < 4.78 is 0. The molecule has 2 aliphatic rings. The molecule has 5 heteroatoms. The van der Waals surface area contributed by atoms with Gasteiger partial charge < -0.3 is 11.1 Å². The molecule has 0 aromatic carbocycles. The van der Waals surface area contributed by atoms with Crippen molar-refractivity contribution >= 4 is 5.91 Å². The zero-order chi connectivity index (χ0) is 8.55. The molecular weight excluding hydrogens is 156 g/mol. The van der Waals surface area contributed by atoms with Crippen molar-refractivity contribution in [2.45, 2.75) is 6.42 Å². The highest BCUT2D eigenvalue weighted by molar-refractivity contribution is 5.91. The van der Waals surface area contributed by atoms with E-state index in [1.165, 1.54) is 0 Å². The quantitative estimate of drug-likeness (QED) is 0.465. The molecule has 0 radical (unpaired) electrons. The molecule has 64 valence electrons. The van der Waals surface area contributed by atoms with Gasteiger partial charge in [0.25, 0.3) is 5.91 Å². The number of nitrogens with zero attached hydrogens (tertiary/aromatic N) is 1. The van der Waals surface area contributed by atoms with Gasteiger partial charge in [0.15, 0.2) is 0 Å². The van der Waals surface area contributed by atoms with Gasteiger partial charge in [0.05, 0.1) is 5.70 Å². The van der Waals surface area contributed by atoms with E-state index >= 15 is 0 Å². The van der Waals surface area contributed by atoms with Gasteiger partial charge in [0.1, 0.15) is 5.70 Å². The fraction of sp³-hybridized carbons (Fsp3) is 0.286. The van der Waals surface area contributed by atoms with Crippen molar-refractivity contribution in [1.82, 2.24) is 15.8 Å². The van der Waals surface area contributed by atoms with Crippen LogP contribution in [-0.4, -0.2) is 17.5 Å². The van der Waals surface area contributed by atoms with Gasteiger partial charge >= 0.3 is 0 Å². The summed E-state index contributed by atoms with van der Waals surface area (Å²) in [5.41, 5.74) is 9.72. The van der Waals surface area contributed by atoms with Gasteiger partial charge in [-0.1, -0.05) is 0 Å². The number of hydrogen-bond donors (Lipinski definition) is 3. The predicted molar refractivity (Wildman–Crippen MR) is 43.0 cm³/mol. The van der Waals surface area contributed by atoms with Crippen molar-refractivity contribution in [3.8, 4) is 0 Å². The first-order valence-corrected chi connectivity index (χ1v) is 3.78. The van der Waals surface area contributed by atoms with Crippen LogP contribution < -0.4 is 16.5 Å². The van der Waals surface area contributed by atoms with Crippen molar-refractivity contribution < 1.29 is 4.79 Å². The molecule has 2 aliphatic heterocycles. The summed E-state index contributed by atoms with van der Waals surface area (Å²) in [7, 11) is 0. The number of rotatable bonds is 1. The lowest BCUT2D eigenvalue weighted by Crippen LogP contribution is -2.38. The third kappa shape index (κ3) is 0.947. The Morgan fingerprint density at radius 3 is 3.17 bits per heavy atom. The molecule has 0 unspecified atom stereocenters. The van der Waals surface area contributed by atoms with Crippen LogP contribution in [0.15, 0.2) is 23.8 Å². The Hall–Kier alpha value is -1.49. The second kappa shape index (κ2) is 2.53. The van der Waals surface area contributed by atoms with Crippen molar-refractivity contribution in [3.63, 3.8) is 0 Å². The van der Waals surface area contributed by atoms with Crippen molar-refractivity contribution in [3.05, 3.63) is 23.8 Å². The number of hydrazine groups is 1. The molecule has 0 aromatic heterocycles. The second-order valence-corrected chi connectivity index (χ2v) is 2.69. The highest BCUT2D eigenvalue weighted by Gasteiger charge is 2.25. The number of hydrogen-bond acceptors (Lipinski definition) is 4. The molecule has 0 saturated carbocycles. The standard InChI is InChI=1S/C7H10N4O/c8-7(12)6-4-9-3-5-1-2-10-11(5)6/h3-4,9-10H,1-2H2,(H2,8,12). The van der Waals surface area contributed by atoms with E-state index in [-0.39, 0.29) is 0 Å². The summed E-state index contributed by atoms with van der Waals surface area (Å²) in [4.78, 5) is 10.9. The molecule has 4 N–H and O–H groups in total. The molecular formula is C7H10N4O. The second-order valence-electron chi connectivity index (χ2n) is 2.69.